The summed E-state index contributed by atoms with van der Waals surface area (Å²) < 4.78 is 2.46. The third-order valence-electron chi connectivity index (χ3n) is 3.98. The average Bonchev–Trinajstić information content (AvgIpc) is 2.96. The first-order chi connectivity index (χ1) is 8.27. The molecule has 2 nitrogen and oxygen atoms in total. The lowest BCUT2D eigenvalue weighted by Gasteiger charge is -2.17. The van der Waals surface area contributed by atoms with Gasteiger partial charge in [-0.05, 0) is 36.8 Å². The van der Waals surface area contributed by atoms with Gasteiger partial charge in [-0.15, -0.1) is 0 Å². The fourth-order valence-corrected chi connectivity index (χ4v) is 3.10. The van der Waals surface area contributed by atoms with E-state index in [4.69, 9.17) is 5.73 Å². The SMILES string of the molecule is CC(N)c1cccc2ccn(C3CCCC3)c12. The molecule has 3 rings (SSSR count). The molecule has 2 aromatic rings. The van der Waals surface area contributed by atoms with Crippen molar-refractivity contribution in [3.05, 3.63) is 36.0 Å². The lowest BCUT2D eigenvalue weighted by Crippen LogP contribution is -2.10. The van der Waals surface area contributed by atoms with Crippen LogP contribution in [-0.2, 0) is 0 Å². The number of fused-ring (bicyclic) bond motifs is 1. The zero-order valence-corrected chi connectivity index (χ0v) is 10.4. The highest BCUT2D eigenvalue weighted by atomic mass is 15.0. The number of nitrogens with two attached hydrogens (primary N) is 1. The van der Waals surface area contributed by atoms with E-state index in [1.54, 1.807) is 0 Å². The second-order valence-corrected chi connectivity index (χ2v) is 5.24. The Labute approximate surface area is 102 Å². The van der Waals surface area contributed by atoms with Gasteiger partial charge in [0, 0.05) is 18.3 Å². The predicted molar refractivity (Wildman–Crippen MR) is 72.0 cm³/mol. The van der Waals surface area contributed by atoms with Gasteiger partial charge in [-0.25, -0.2) is 0 Å². The van der Waals surface area contributed by atoms with E-state index in [1.165, 1.54) is 42.1 Å². The molecule has 1 atom stereocenters. The van der Waals surface area contributed by atoms with Crippen LogP contribution in [0.2, 0.25) is 0 Å². The Kier molecular flexibility index (Phi) is 2.67. The van der Waals surface area contributed by atoms with Crippen molar-refractivity contribution in [1.82, 2.24) is 4.57 Å². The number of hydrogen-bond acceptors (Lipinski definition) is 1. The number of rotatable bonds is 2. The summed E-state index contributed by atoms with van der Waals surface area (Å²) >= 11 is 0. The van der Waals surface area contributed by atoms with Crippen molar-refractivity contribution in [2.45, 2.75) is 44.7 Å². The van der Waals surface area contributed by atoms with Crippen molar-refractivity contribution < 1.29 is 0 Å². The van der Waals surface area contributed by atoms with Crippen molar-refractivity contribution in [2.75, 3.05) is 0 Å². The van der Waals surface area contributed by atoms with Gasteiger partial charge in [-0.3, -0.25) is 0 Å². The third-order valence-corrected chi connectivity index (χ3v) is 3.98. The molecule has 0 spiro atoms. The highest BCUT2D eigenvalue weighted by molar-refractivity contribution is 5.84. The topological polar surface area (TPSA) is 30.9 Å². The molecule has 0 bridgehead atoms. The molecule has 1 fully saturated rings. The Morgan fingerprint density at radius 3 is 2.71 bits per heavy atom. The molecule has 1 aromatic heterocycles. The molecule has 0 saturated heterocycles. The van der Waals surface area contributed by atoms with Gasteiger partial charge in [0.15, 0.2) is 0 Å². The van der Waals surface area contributed by atoms with Crippen LogP contribution in [0.4, 0.5) is 0 Å². The van der Waals surface area contributed by atoms with E-state index in [2.05, 4.69) is 42.0 Å². The van der Waals surface area contributed by atoms with Crippen LogP contribution in [0.1, 0.15) is 50.3 Å². The van der Waals surface area contributed by atoms with Crippen molar-refractivity contribution in [2.24, 2.45) is 5.73 Å². The highest BCUT2D eigenvalue weighted by Gasteiger charge is 2.19. The zero-order chi connectivity index (χ0) is 11.8. The lowest BCUT2D eigenvalue weighted by atomic mass is 10.1. The van der Waals surface area contributed by atoms with Crippen molar-refractivity contribution in [3.63, 3.8) is 0 Å². The van der Waals surface area contributed by atoms with Gasteiger partial charge in [-0.2, -0.15) is 0 Å². The molecular formula is C15H20N2. The largest absolute Gasteiger partial charge is 0.344 e. The van der Waals surface area contributed by atoms with Gasteiger partial charge in [0.05, 0.1) is 5.52 Å². The van der Waals surface area contributed by atoms with E-state index in [-0.39, 0.29) is 6.04 Å². The first kappa shape index (κ1) is 10.8. The Morgan fingerprint density at radius 2 is 2.00 bits per heavy atom. The molecule has 1 aromatic carbocycles. The summed E-state index contributed by atoms with van der Waals surface area (Å²) in [6.45, 7) is 2.07. The van der Waals surface area contributed by atoms with Crippen LogP contribution < -0.4 is 5.73 Å². The Hall–Kier alpha value is -1.28. The molecule has 0 amide bonds. The van der Waals surface area contributed by atoms with Crippen molar-refractivity contribution in [1.29, 1.82) is 0 Å². The predicted octanol–water partition coefficient (Wildman–Crippen LogP) is 3.78. The summed E-state index contributed by atoms with van der Waals surface area (Å²) in [4.78, 5) is 0. The molecule has 1 saturated carbocycles. The summed E-state index contributed by atoms with van der Waals surface area (Å²) in [7, 11) is 0. The van der Waals surface area contributed by atoms with Gasteiger partial charge in [0.2, 0.25) is 0 Å². The summed E-state index contributed by atoms with van der Waals surface area (Å²) in [6.07, 6.45) is 7.61. The van der Waals surface area contributed by atoms with Gasteiger partial charge >= 0.3 is 0 Å². The molecule has 0 aliphatic heterocycles. The van der Waals surface area contributed by atoms with E-state index < -0.39 is 0 Å². The van der Waals surface area contributed by atoms with Crippen LogP contribution >= 0.6 is 0 Å². The molecule has 2 heteroatoms. The van der Waals surface area contributed by atoms with Gasteiger partial charge < -0.3 is 10.3 Å². The molecule has 1 unspecified atom stereocenters. The summed E-state index contributed by atoms with van der Waals surface area (Å²) in [5, 5.41) is 1.33. The first-order valence-electron chi connectivity index (χ1n) is 6.62. The molecule has 17 heavy (non-hydrogen) atoms. The number of aromatic nitrogens is 1. The van der Waals surface area contributed by atoms with Crippen LogP contribution in [0.3, 0.4) is 0 Å². The molecule has 0 radical (unpaired) electrons. The fraction of sp³-hybridized carbons (Fsp3) is 0.467. The third kappa shape index (κ3) is 1.77. The quantitative estimate of drug-likeness (QED) is 0.833. The number of para-hydroxylation sites is 1. The summed E-state index contributed by atoms with van der Waals surface area (Å²) in [5.74, 6) is 0. The maximum atomic E-state index is 6.09. The Balaban J connectivity index is 2.18. The molecule has 2 N–H and O–H groups in total. The number of hydrogen-bond donors (Lipinski definition) is 1. The molecule has 1 aliphatic rings. The van der Waals surface area contributed by atoms with Gasteiger partial charge in [0.1, 0.15) is 0 Å². The lowest BCUT2D eigenvalue weighted by molar-refractivity contribution is 0.533. The number of benzene rings is 1. The summed E-state index contributed by atoms with van der Waals surface area (Å²) in [6, 6.07) is 9.48. The van der Waals surface area contributed by atoms with Crippen molar-refractivity contribution in [3.8, 4) is 0 Å². The van der Waals surface area contributed by atoms with Gasteiger partial charge in [-0.1, -0.05) is 31.0 Å². The second kappa shape index (κ2) is 4.19. The van der Waals surface area contributed by atoms with Crippen molar-refractivity contribution >= 4 is 10.9 Å². The van der Waals surface area contributed by atoms with Crippen LogP contribution in [0.25, 0.3) is 10.9 Å². The minimum atomic E-state index is 0.105. The number of nitrogens with zero attached hydrogens (tertiary/aromatic N) is 1. The highest BCUT2D eigenvalue weighted by Crippen LogP contribution is 2.34. The minimum Gasteiger partial charge on any atom is -0.344 e. The summed E-state index contributed by atoms with van der Waals surface area (Å²) in [5.41, 5.74) is 8.73. The van der Waals surface area contributed by atoms with Crippen LogP contribution in [-0.4, -0.2) is 4.57 Å². The molecule has 1 aliphatic carbocycles. The average molecular weight is 228 g/mol. The van der Waals surface area contributed by atoms with E-state index in [9.17, 15) is 0 Å². The molecular weight excluding hydrogens is 208 g/mol. The minimum absolute atomic E-state index is 0.105. The maximum absolute atomic E-state index is 6.09. The molecule has 1 heterocycles. The Morgan fingerprint density at radius 1 is 1.24 bits per heavy atom. The zero-order valence-electron chi connectivity index (χ0n) is 10.4. The van der Waals surface area contributed by atoms with E-state index in [0.29, 0.717) is 6.04 Å². The smallest absolute Gasteiger partial charge is 0.0531 e. The van der Waals surface area contributed by atoms with E-state index in [1.807, 2.05) is 0 Å². The van der Waals surface area contributed by atoms with Crippen LogP contribution in [0.5, 0.6) is 0 Å². The standard InChI is InChI=1S/C15H20N2/c1-11(16)14-8-4-5-12-9-10-17(15(12)14)13-6-2-3-7-13/h4-5,8-11,13H,2-3,6-7,16H2,1H3. The Bertz CT molecular complexity index is 519. The van der Waals surface area contributed by atoms with E-state index in [0.717, 1.165) is 0 Å². The van der Waals surface area contributed by atoms with E-state index >= 15 is 0 Å². The first-order valence-corrected chi connectivity index (χ1v) is 6.62. The normalized spacial score (nSPS) is 18.9. The monoisotopic (exact) mass is 228 g/mol. The second-order valence-electron chi connectivity index (χ2n) is 5.24. The molecule has 90 valence electrons. The van der Waals surface area contributed by atoms with Crippen LogP contribution in [0.15, 0.2) is 30.5 Å². The fourth-order valence-electron chi connectivity index (χ4n) is 3.10. The van der Waals surface area contributed by atoms with Gasteiger partial charge in [0.25, 0.3) is 0 Å². The maximum Gasteiger partial charge on any atom is 0.0531 e. The van der Waals surface area contributed by atoms with Crippen LogP contribution in [0, 0.1) is 0 Å².